The maximum Gasteiger partial charge on any atom is 0.326 e. The fourth-order valence-corrected chi connectivity index (χ4v) is 4.21. The van der Waals surface area contributed by atoms with Crippen LogP contribution in [-0.2, 0) is 22.4 Å². The lowest BCUT2D eigenvalue weighted by molar-refractivity contribution is -0.142. The van der Waals surface area contributed by atoms with Crippen LogP contribution in [0.3, 0.4) is 0 Å². The number of benzene rings is 2. The third-order valence-electron chi connectivity index (χ3n) is 6.14. The number of carbonyl (C=O) groups excluding carboxylic acids is 1. The molecule has 0 radical (unpaired) electrons. The average molecular weight is 475 g/mol. The van der Waals surface area contributed by atoms with E-state index in [-0.39, 0.29) is 12.0 Å². The summed E-state index contributed by atoms with van der Waals surface area (Å²) < 4.78 is 1.49. The standard InChI is InChI=1S/C29H34N2O4/c1-4-5-11-26(27(32)30-25(29(34)35)18-23-14-12-20(2)13-15-23)31-19-21(3)16-24(28(31)33)17-22-9-7-6-8-10-22/h6-10,12-16,19,25-26H,4-5,11,17-18H2,1-3H3,(H,30,32)(H,34,35)/t25-,26+/m1/s1. The summed E-state index contributed by atoms with van der Waals surface area (Å²) in [5.74, 6) is -1.55. The molecule has 0 spiro atoms. The minimum Gasteiger partial charge on any atom is -0.480 e. The van der Waals surface area contributed by atoms with Crippen LogP contribution in [0.5, 0.6) is 0 Å². The zero-order valence-corrected chi connectivity index (χ0v) is 20.7. The molecule has 35 heavy (non-hydrogen) atoms. The van der Waals surface area contributed by atoms with Crippen molar-refractivity contribution in [3.8, 4) is 0 Å². The number of nitrogens with zero attached hydrogens (tertiary/aromatic N) is 1. The van der Waals surface area contributed by atoms with Gasteiger partial charge in [0.25, 0.3) is 5.56 Å². The zero-order valence-electron chi connectivity index (χ0n) is 20.7. The molecule has 0 bridgehead atoms. The molecule has 0 aliphatic heterocycles. The maximum absolute atomic E-state index is 13.4. The molecule has 3 rings (SSSR count). The van der Waals surface area contributed by atoms with Crippen LogP contribution in [-0.4, -0.2) is 27.6 Å². The van der Waals surface area contributed by atoms with Gasteiger partial charge in [-0.3, -0.25) is 9.59 Å². The number of carboxylic acid groups (broad SMARTS) is 1. The summed E-state index contributed by atoms with van der Waals surface area (Å²) in [6, 6.07) is 17.3. The molecule has 2 N–H and O–H groups in total. The fourth-order valence-electron chi connectivity index (χ4n) is 4.21. The normalized spacial score (nSPS) is 12.7. The predicted molar refractivity (Wildman–Crippen MR) is 138 cm³/mol. The number of aryl methyl sites for hydroxylation is 2. The van der Waals surface area contributed by atoms with Crippen LogP contribution in [0, 0.1) is 13.8 Å². The summed E-state index contributed by atoms with van der Waals surface area (Å²) in [4.78, 5) is 38.8. The van der Waals surface area contributed by atoms with E-state index >= 15 is 0 Å². The molecule has 0 unspecified atom stereocenters. The molecule has 0 saturated carbocycles. The van der Waals surface area contributed by atoms with Crippen molar-refractivity contribution in [3.05, 3.63) is 105 Å². The van der Waals surface area contributed by atoms with Gasteiger partial charge in [0, 0.05) is 24.6 Å². The number of nitrogens with one attached hydrogen (secondary N) is 1. The van der Waals surface area contributed by atoms with Crippen molar-refractivity contribution in [3.63, 3.8) is 0 Å². The van der Waals surface area contributed by atoms with Gasteiger partial charge >= 0.3 is 5.97 Å². The van der Waals surface area contributed by atoms with Crippen LogP contribution in [0.4, 0.5) is 0 Å². The summed E-state index contributed by atoms with van der Waals surface area (Å²) >= 11 is 0. The van der Waals surface area contributed by atoms with Gasteiger partial charge in [0.05, 0.1) is 0 Å². The van der Waals surface area contributed by atoms with Crippen LogP contribution >= 0.6 is 0 Å². The second kappa shape index (κ2) is 12.2. The van der Waals surface area contributed by atoms with Gasteiger partial charge in [-0.25, -0.2) is 4.79 Å². The first-order chi connectivity index (χ1) is 16.8. The van der Waals surface area contributed by atoms with Gasteiger partial charge in [-0.05, 0) is 43.0 Å². The Bertz CT molecular complexity index is 1200. The van der Waals surface area contributed by atoms with E-state index < -0.39 is 24.0 Å². The fraction of sp³-hybridized carbons (Fsp3) is 0.345. The highest BCUT2D eigenvalue weighted by Crippen LogP contribution is 2.18. The first-order valence-corrected chi connectivity index (χ1v) is 12.1. The molecule has 184 valence electrons. The Morgan fingerprint density at radius 1 is 0.971 bits per heavy atom. The minimum atomic E-state index is -1.10. The van der Waals surface area contributed by atoms with E-state index in [1.54, 1.807) is 6.20 Å². The molecule has 0 fully saturated rings. The lowest BCUT2D eigenvalue weighted by Crippen LogP contribution is -2.47. The lowest BCUT2D eigenvalue weighted by Gasteiger charge is -2.23. The second-order valence-electron chi connectivity index (χ2n) is 9.16. The molecule has 1 amide bonds. The molecule has 6 heteroatoms. The van der Waals surface area contributed by atoms with Crippen LogP contribution < -0.4 is 10.9 Å². The number of rotatable bonds is 11. The van der Waals surface area contributed by atoms with Gasteiger partial charge in [0.2, 0.25) is 5.91 Å². The lowest BCUT2D eigenvalue weighted by atomic mass is 10.0. The van der Waals surface area contributed by atoms with E-state index in [1.165, 1.54) is 4.57 Å². The van der Waals surface area contributed by atoms with Crippen molar-refractivity contribution in [2.24, 2.45) is 0 Å². The van der Waals surface area contributed by atoms with E-state index in [2.05, 4.69) is 5.32 Å². The van der Waals surface area contributed by atoms with Crippen molar-refractivity contribution in [2.75, 3.05) is 0 Å². The van der Waals surface area contributed by atoms with Crippen molar-refractivity contribution < 1.29 is 14.7 Å². The monoisotopic (exact) mass is 474 g/mol. The molecular weight excluding hydrogens is 440 g/mol. The molecule has 0 aliphatic rings. The summed E-state index contributed by atoms with van der Waals surface area (Å²) in [6.07, 6.45) is 4.38. The summed E-state index contributed by atoms with van der Waals surface area (Å²) in [7, 11) is 0. The van der Waals surface area contributed by atoms with Crippen LogP contribution in [0.15, 0.2) is 71.7 Å². The third-order valence-corrected chi connectivity index (χ3v) is 6.14. The molecule has 3 aromatic rings. The first-order valence-electron chi connectivity index (χ1n) is 12.1. The number of amides is 1. The third kappa shape index (κ3) is 7.15. The number of hydrogen-bond acceptors (Lipinski definition) is 3. The summed E-state index contributed by atoms with van der Waals surface area (Å²) in [5, 5.41) is 12.5. The summed E-state index contributed by atoms with van der Waals surface area (Å²) in [5.41, 5.74) is 4.18. The van der Waals surface area contributed by atoms with Crippen molar-refractivity contribution in [1.82, 2.24) is 9.88 Å². The number of hydrogen-bond donors (Lipinski definition) is 2. The number of aliphatic carboxylic acids is 1. The topological polar surface area (TPSA) is 88.4 Å². The van der Waals surface area contributed by atoms with Crippen molar-refractivity contribution in [2.45, 2.75) is 65.0 Å². The Labute approximate surface area is 206 Å². The molecular formula is C29H34N2O4. The Balaban J connectivity index is 1.89. The number of aromatic nitrogens is 1. The molecule has 6 nitrogen and oxygen atoms in total. The Hall–Kier alpha value is -3.67. The van der Waals surface area contributed by atoms with Crippen LogP contribution in [0.1, 0.15) is 60.0 Å². The zero-order chi connectivity index (χ0) is 25.4. The Morgan fingerprint density at radius 3 is 2.29 bits per heavy atom. The van der Waals surface area contributed by atoms with Crippen molar-refractivity contribution in [1.29, 1.82) is 0 Å². The highest BCUT2D eigenvalue weighted by molar-refractivity contribution is 5.86. The van der Waals surface area contributed by atoms with E-state index in [0.717, 1.165) is 35.1 Å². The van der Waals surface area contributed by atoms with Crippen LogP contribution in [0.2, 0.25) is 0 Å². The highest BCUT2D eigenvalue weighted by Gasteiger charge is 2.27. The second-order valence-corrected chi connectivity index (χ2v) is 9.16. The molecule has 0 aliphatic carbocycles. The van der Waals surface area contributed by atoms with E-state index in [4.69, 9.17) is 0 Å². The smallest absolute Gasteiger partial charge is 0.326 e. The predicted octanol–water partition coefficient (Wildman–Crippen LogP) is 4.60. The van der Waals surface area contributed by atoms with Gasteiger partial charge in [0.15, 0.2) is 0 Å². The quantitative estimate of drug-likeness (QED) is 0.425. The maximum atomic E-state index is 13.4. The van der Waals surface area contributed by atoms with Crippen molar-refractivity contribution >= 4 is 11.9 Å². The SMILES string of the molecule is CCCC[C@@H](C(=O)N[C@H](Cc1ccc(C)cc1)C(=O)O)n1cc(C)cc(Cc2ccccc2)c1=O. The number of carboxylic acids is 1. The van der Waals surface area contributed by atoms with E-state index in [0.29, 0.717) is 18.4 Å². The molecule has 1 heterocycles. The Morgan fingerprint density at radius 2 is 1.66 bits per heavy atom. The van der Waals surface area contributed by atoms with Gasteiger partial charge in [-0.2, -0.15) is 0 Å². The van der Waals surface area contributed by atoms with Gasteiger partial charge in [0.1, 0.15) is 12.1 Å². The van der Waals surface area contributed by atoms with Gasteiger partial charge in [-0.1, -0.05) is 79.9 Å². The van der Waals surface area contributed by atoms with E-state index in [1.807, 2.05) is 81.4 Å². The molecule has 2 aromatic carbocycles. The first kappa shape index (κ1) is 25.9. The minimum absolute atomic E-state index is 0.170. The van der Waals surface area contributed by atoms with Gasteiger partial charge in [-0.15, -0.1) is 0 Å². The molecule has 2 atom stereocenters. The number of carbonyl (C=O) groups is 2. The average Bonchev–Trinajstić information content (AvgIpc) is 2.83. The molecule has 0 saturated heterocycles. The number of pyridine rings is 1. The number of unbranched alkanes of at least 4 members (excludes halogenated alkanes) is 1. The largest absolute Gasteiger partial charge is 0.480 e. The highest BCUT2D eigenvalue weighted by atomic mass is 16.4. The summed E-state index contributed by atoms with van der Waals surface area (Å²) in [6.45, 7) is 5.88. The Kier molecular flexibility index (Phi) is 9.01. The van der Waals surface area contributed by atoms with Gasteiger partial charge < -0.3 is 15.0 Å². The van der Waals surface area contributed by atoms with E-state index in [9.17, 15) is 19.5 Å². The van der Waals surface area contributed by atoms with Crippen LogP contribution in [0.25, 0.3) is 0 Å². The molecule has 1 aromatic heterocycles.